The second kappa shape index (κ2) is 9.89. The zero-order valence-electron chi connectivity index (χ0n) is 14.6. The van der Waals surface area contributed by atoms with E-state index in [-0.39, 0.29) is 12.1 Å². The summed E-state index contributed by atoms with van der Waals surface area (Å²) >= 11 is 3.38. The van der Waals surface area contributed by atoms with Gasteiger partial charge in [-0.2, -0.15) is 0 Å². The Kier molecular flexibility index (Phi) is 7.85. The van der Waals surface area contributed by atoms with Crippen molar-refractivity contribution in [2.75, 3.05) is 32.8 Å². The zero-order chi connectivity index (χ0) is 17.4. The number of hydrogen-bond donors (Lipinski definition) is 2. The van der Waals surface area contributed by atoms with Gasteiger partial charge in [-0.1, -0.05) is 29.8 Å². The molecule has 1 aliphatic rings. The average Bonchev–Trinajstić information content (AvgIpc) is 2.55. The second-order valence-corrected chi connectivity index (χ2v) is 7.59. The van der Waals surface area contributed by atoms with Crippen LogP contribution in [0.2, 0.25) is 0 Å². The Balaban J connectivity index is 1.56. The van der Waals surface area contributed by atoms with E-state index in [2.05, 4.69) is 45.3 Å². The molecule has 134 valence electrons. The van der Waals surface area contributed by atoms with Crippen molar-refractivity contribution < 1.29 is 9.53 Å². The lowest BCUT2D eigenvalue weighted by atomic mass is 10.0. The smallest absolute Gasteiger partial charge is 0.315 e. The second-order valence-electron chi connectivity index (χ2n) is 6.67. The van der Waals surface area contributed by atoms with Crippen LogP contribution in [0.25, 0.3) is 0 Å². The third kappa shape index (κ3) is 7.09. The van der Waals surface area contributed by atoms with Crippen LogP contribution in [0.5, 0.6) is 5.75 Å². The largest absolute Gasteiger partial charge is 0.492 e. The number of amides is 2. The number of nitrogens with one attached hydrogen (secondary N) is 2. The highest BCUT2D eigenvalue weighted by atomic mass is 79.9. The van der Waals surface area contributed by atoms with E-state index in [0.717, 1.165) is 42.7 Å². The van der Waals surface area contributed by atoms with E-state index >= 15 is 0 Å². The minimum atomic E-state index is -0.100. The molecule has 24 heavy (non-hydrogen) atoms. The number of halogens is 1. The van der Waals surface area contributed by atoms with Gasteiger partial charge in [-0.25, -0.2) is 4.79 Å². The van der Waals surface area contributed by atoms with Crippen LogP contribution in [0.3, 0.4) is 0 Å². The molecule has 1 fully saturated rings. The molecule has 2 amide bonds. The van der Waals surface area contributed by atoms with Crippen molar-refractivity contribution in [3.05, 3.63) is 28.7 Å². The van der Waals surface area contributed by atoms with Crippen molar-refractivity contribution in [1.29, 1.82) is 0 Å². The molecule has 0 bridgehead atoms. The Hall–Kier alpha value is -1.27. The van der Waals surface area contributed by atoms with Crippen molar-refractivity contribution in [3.8, 4) is 5.75 Å². The Morgan fingerprint density at radius 3 is 2.58 bits per heavy atom. The molecule has 1 aliphatic heterocycles. The number of piperidine rings is 1. The summed E-state index contributed by atoms with van der Waals surface area (Å²) in [5.74, 6) is 1.50. The Labute approximate surface area is 153 Å². The van der Waals surface area contributed by atoms with Crippen LogP contribution < -0.4 is 15.4 Å². The third-order valence-corrected chi connectivity index (χ3v) is 4.54. The Morgan fingerprint density at radius 2 is 1.96 bits per heavy atom. The number of benzene rings is 1. The Bertz CT molecular complexity index is 499. The molecule has 0 radical (unpaired) electrons. The fourth-order valence-corrected chi connectivity index (χ4v) is 3.14. The lowest BCUT2D eigenvalue weighted by Gasteiger charge is -2.33. The molecule has 2 N–H and O–H groups in total. The van der Waals surface area contributed by atoms with Crippen LogP contribution >= 0.6 is 15.9 Å². The van der Waals surface area contributed by atoms with E-state index in [1.165, 1.54) is 0 Å². The zero-order valence-corrected chi connectivity index (χ0v) is 16.1. The molecule has 0 unspecified atom stereocenters. The molecule has 0 aromatic heterocycles. The molecule has 0 aliphatic carbocycles. The number of urea groups is 1. The SMILES string of the molecule is CC(C)CN1CCC(NC(=O)NCCOc2ccc(Br)cc2)CC1. The molecule has 1 aromatic carbocycles. The molecule has 1 aromatic rings. The van der Waals surface area contributed by atoms with Crippen LogP contribution in [-0.4, -0.2) is 49.8 Å². The highest BCUT2D eigenvalue weighted by Crippen LogP contribution is 2.15. The predicted molar refractivity (Wildman–Crippen MR) is 100 cm³/mol. The minimum absolute atomic E-state index is 0.100. The maximum absolute atomic E-state index is 11.9. The van der Waals surface area contributed by atoms with Gasteiger partial charge >= 0.3 is 6.03 Å². The van der Waals surface area contributed by atoms with Gasteiger partial charge in [0.2, 0.25) is 0 Å². The summed E-state index contributed by atoms with van der Waals surface area (Å²) in [5.41, 5.74) is 0. The summed E-state index contributed by atoms with van der Waals surface area (Å²) in [6, 6.07) is 7.84. The van der Waals surface area contributed by atoms with Crippen molar-refractivity contribution in [2.24, 2.45) is 5.92 Å². The number of carbonyl (C=O) groups is 1. The highest BCUT2D eigenvalue weighted by Gasteiger charge is 2.20. The summed E-state index contributed by atoms with van der Waals surface area (Å²) < 4.78 is 6.60. The lowest BCUT2D eigenvalue weighted by Crippen LogP contribution is -2.48. The molecule has 2 rings (SSSR count). The fraction of sp³-hybridized carbons (Fsp3) is 0.611. The number of nitrogens with zero attached hydrogens (tertiary/aromatic N) is 1. The van der Waals surface area contributed by atoms with Gasteiger partial charge in [0.15, 0.2) is 0 Å². The van der Waals surface area contributed by atoms with Gasteiger partial charge in [-0.15, -0.1) is 0 Å². The number of hydrogen-bond acceptors (Lipinski definition) is 3. The van der Waals surface area contributed by atoms with Crippen molar-refractivity contribution in [2.45, 2.75) is 32.7 Å². The maximum atomic E-state index is 11.9. The molecule has 1 heterocycles. The first-order valence-electron chi connectivity index (χ1n) is 8.68. The molecule has 6 heteroatoms. The summed E-state index contributed by atoms with van der Waals surface area (Å²) in [6.07, 6.45) is 2.05. The first kappa shape index (κ1) is 19.1. The average molecular weight is 398 g/mol. The predicted octanol–water partition coefficient (Wildman–Crippen LogP) is 3.25. The van der Waals surface area contributed by atoms with Crippen LogP contribution in [0.1, 0.15) is 26.7 Å². The lowest BCUT2D eigenvalue weighted by molar-refractivity contribution is 0.177. The molecule has 5 nitrogen and oxygen atoms in total. The van der Waals surface area contributed by atoms with E-state index in [9.17, 15) is 4.79 Å². The van der Waals surface area contributed by atoms with E-state index < -0.39 is 0 Å². The summed E-state index contributed by atoms with van der Waals surface area (Å²) in [4.78, 5) is 14.4. The van der Waals surface area contributed by atoms with Gasteiger partial charge in [0, 0.05) is 30.1 Å². The van der Waals surface area contributed by atoms with Crippen LogP contribution in [0.4, 0.5) is 4.79 Å². The van der Waals surface area contributed by atoms with E-state index in [1.54, 1.807) is 0 Å². The first-order valence-corrected chi connectivity index (χ1v) is 9.47. The summed E-state index contributed by atoms with van der Waals surface area (Å²) in [5, 5.41) is 5.92. The minimum Gasteiger partial charge on any atom is -0.492 e. The third-order valence-electron chi connectivity index (χ3n) is 4.02. The van der Waals surface area contributed by atoms with Gasteiger partial charge < -0.3 is 20.3 Å². The van der Waals surface area contributed by atoms with Crippen molar-refractivity contribution >= 4 is 22.0 Å². The van der Waals surface area contributed by atoms with Gasteiger partial charge in [0.1, 0.15) is 12.4 Å². The molecule has 0 spiro atoms. The molecule has 1 saturated heterocycles. The fourth-order valence-electron chi connectivity index (χ4n) is 2.88. The standard InChI is InChI=1S/C18H28BrN3O2/c1-14(2)13-22-10-7-16(8-11-22)21-18(23)20-9-12-24-17-5-3-15(19)4-6-17/h3-6,14,16H,7-13H2,1-2H3,(H2,20,21,23). The summed E-state index contributed by atoms with van der Waals surface area (Å²) in [6.45, 7) is 8.72. The van der Waals surface area contributed by atoms with Gasteiger partial charge in [0.25, 0.3) is 0 Å². The maximum Gasteiger partial charge on any atom is 0.315 e. The van der Waals surface area contributed by atoms with E-state index in [0.29, 0.717) is 19.1 Å². The van der Waals surface area contributed by atoms with Crippen LogP contribution in [-0.2, 0) is 0 Å². The Morgan fingerprint density at radius 1 is 1.29 bits per heavy atom. The topological polar surface area (TPSA) is 53.6 Å². The highest BCUT2D eigenvalue weighted by molar-refractivity contribution is 9.10. The number of rotatable bonds is 7. The van der Waals surface area contributed by atoms with Gasteiger partial charge in [-0.3, -0.25) is 0 Å². The normalized spacial score (nSPS) is 16.2. The van der Waals surface area contributed by atoms with Gasteiger partial charge in [-0.05, 0) is 43.0 Å². The number of likely N-dealkylation sites (tertiary alicyclic amines) is 1. The summed E-state index contributed by atoms with van der Waals surface area (Å²) in [7, 11) is 0. The molecular weight excluding hydrogens is 370 g/mol. The quantitative estimate of drug-likeness (QED) is 0.694. The molecule has 0 atom stereocenters. The van der Waals surface area contributed by atoms with Gasteiger partial charge in [0.05, 0.1) is 6.54 Å². The van der Waals surface area contributed by atoms with Crippen molar-refractivity contribution in [3.63, 3.8) is 0 Å². The molecule has 0 saturated carbocycles. The van der Waals surface area contributed by atoms with Crippen LogP contribution in [0.15, 0.2) is 28.7 Å². The molecular formula is C18H28BrN3O2. The first-order chi connectivity index (χ1) is 11.5. The van der Waals surface area contributed by atoms with E-state index in [4.69, 9.17) is 4.74 Å². The van der Waals surface area contributed by atoms with Crippen LogP contribution in [0, 0.1) is 5.92 Å². The van der Waals surface area contributed by atoms with E-state index in [1.807, 2.05) is 24.3 Å². The monoisotopic (exact) mass is 397 g/mol. The van der Waals surface area contributed by atoms with Crippen molar-refractivity contribution in [1.82, 2.24) is 15.5 Å². The number of carbonyl (C=O) groups excluding carboxylic acids is 1. The number of ether oxygens (including phenoxy) is 1.